The SMILES string of the molecule is COc1ccc(-c2nnc(SCC(=O)N/N=C\c3cccc(Cl)c3Cl)n2-c2ccc(Cl)cc2)cc1. The molecule has 11 heteroatoms. The molecular formula is C24H18Cl3N5O2S. The Balaban J connectivity index is 1.52. The first-order valence-corrected chi connectivity index (χ1v) is 12.3. The van der Waals surface area contributed by atoms with Crippen molar-refractivity contribution in [3.8, 4) is 22.8 Å². The summed E-state index contributed by atoms with van der Waals surface area (Å²) in [6, 6.07) is 19.9. The van der Waals surface area contributed by atoms with E-state index in [9.17, 15) is 4.79 Å². The van der Waals surface area contributed by atoms with Gasteiger partial charge in [-0.1, -0.05) is 58.7 Å². The molecule has 0 fully saturated rings. The highest BCUT2D eigenvalue weighted by Gasteiger charge is 2.17. The second-order valence-corrected chi connectivity index (χ2v) is 9.24. The zero-order chi connectivity index (χ0) is 24.8. The molecule has 1 N–H and O–H groups in total. The van der Waals surface area contributed by atoms with E-state index in [0.717, 1.165) is 17.0 Å². The Morgan fingerprint density at radius 2 is 1.80 bits per heavy atom. The molecule has 0 radical (unpaired) electrons. The molecule has 1 heterocycles. The second kappa shape index (κ2) is 11.6. The Labute approximate surface area is 221 Å². The number of rotatable bonds is 8. The summed E-state index contributed by atoms with van der Waals surface area (Å²) in [7, 11) is 1.61. The normalized spacial score (nSPS) is 11.1. The van der Waals surface area contributed by atoms with Crippen LogP contribution in [0.1, 0.15) is 5.56 Å². The maximum Gasteiger partial charge on any atom is 0.250 e. The average molecular weight is 547 g/mol. The zero-order valence-corrected chi connectivity index (χ0v) is 21.4. The molecule has 4 aromatic rings. The number of hydrogen-bond acceptors (Lipinski definition) is 6. The summed E-state index contributed by atoms with van der Waals surface area (Å²) in [5, 5.41) is 14.6. The minimum atomic E-state index is -0.318. The molecule has 1 aromatic heterocycles. The Bertz CT molecular complexity index is 1360. The number of methoxy groups -OCH3 is 1. The third-order valence-corrected chi connectivity index (χ3v) is 6.79. The average Bonchev–Trinajstić information content (AvgIpc) is 3.30. The lowest BCUT2D eigenvalue weighted by atomic mass is 10.2. The fourth-order valence-corrected chi connectivity index (χ4v) is 4.30. The van der Waals surface area contributed by atoms with Crippen LogP contribution in [0.5, 0.6) is 5.75 Å². The van der Waals surface area contributed by atoms with Crippen molar-refractivity contribution >= 4 is 58.7 Å². The fraction of sp³-hybridized carbons (Fsp3) is 0.0833. The quantitative estimate of drug-likeness (QED) is 0.163. The van der Waals surface area contributed by atoms with Gasteiger partial charge in [0.1, 0.15) is 5.75 Å². The molecule has 0 aliphatic rings. The molecule has 7 nitrogen and oxygen atoms in total. The van der Waals surface area contributed by atoms with Crippen LogP contribution in [0, 0.1) is 0 Å². The fourth-order valence-electron chi connectivity index (χ4n) is 3.07. The smallest absolute Gasteiger partial charge is 0.250 e. The van der Waals surface area contributed by atoms with Gasteiger partial charge in [0.05, 0.1) is 29.1 Å². The topological polar surface area (TPSA) is 81.4 Å². The van der Waals surface area contributed by atoms with E-state index in [2.05, 4.69) is 20.7 Å². The number of benzene rings is 3. The van der Waals surface area contributed by atoms with Crippen molar-refractivity contribution in [3.05, 3.63) is 87.4 Å². The van der Waals surface area contributed by atoms with Crippen LogP contribution in [0.2, 0.25) is 15.1 Å². The van der Waals surface area contributed by atoms with E-state index in [1.807, 2.05) is 41.0 Å². The number of thioether (sulfide) groups is 1. The summed E-state index contributed by atoms with van der Waals surface area (Å²) in [6.07, 6.45) is 1.44. The summed E-state index contributed by atoms with van der Waals surface area (Å²) in [4.78, 5) is 12.4. The summed E-state index contributed by atoms with van der Waals surface area (Å²) < 4.78 is 7.11. The van der Waals surface area contributed by atoms with E-state index in [1.165, 1.54) is 18.0 Å². The number of hydrazone groups is 1. The van der Waals surface area contributed by atoms with Gasteiger partial charge in [-0.15, -0.1) is 10.2 Å². The zero-order valence-electron chi connectivity index (χ0n) is 18.3. The number of carbonyl (C=O) groups is 1. The van der Waals surface area contributed by atoms with Crippen molar-refractivity contribution in [1.29, 1.82) is 0 Å². The molecule has 178 valence electrons. The van der Waals surface area contributed by atoms with Crippen LogP contribution in [0.4, 0.5) is 0 Å². The minimum absolute atomic E-state index is 0.0644. The lowest BCUT2D eigenvalue weighted by Crippen LogP contribution is -2.20. The molecule has 0 saturated carbocycles. The predicted octanol–water partition coefficient (Wildman–Crippen LogP) is 6.15. The largest absolute Gasteiger partial charge is 0.497 e. The Kier molecular flexibility index (Phi) is 8.30. The first-order valence-electron chi connectivity index (χ1n) is 10.2. The molecule has 0 aliphatic heterocycles. The molecule has 3 aromatic carbocycles. The standard InChI is InChI=1S/C24H18Cl3N5O2S/c1-34-19-11-5-15(6-12-19)23-30-31-24(32(23)18-9-7-17(25)8-10-18)35-14-21(33)29-28-13-16-3-2-4-20(26)22(16)27/h2-13H,14H2,1H3,(H,29,33)/b28-13-. The lowest BCUT2D eigenvalue weighted by Gasteiger charge is -2.11. The van der Waals surface area contributed by atoms with E-state index in [1.54, 1.807) is 37.4 Å². The van der Waals surface area contributed by atoms with Crippen LogP contribution in [0.3, 0.4) is 0 Å². The molecular weight excluding hydrogens is 529 g/mol. The van der Waals surface area contributed by atoms with E-state index < -0.39 is 0 Å². The Morgan fingerprint density at radius 3 is 2.51 bits per heavy atom. The molecule has 1 amide bonds. The maximum atomic E-state index is 12.4. The second-order valence-electron chi connectivity index (χ2n) is 7.07. The highest BCUT2D eigenvalue weighted by Crippen LogP contribution is 2.29. The first-order chi connectivity index (χ1) is 17.0. The van der Waals surface area contributed by atoms with Crippen molar-refractivity contribution in [2.24, 2.45) is 5.10 Å². The van der Waals surface area contributed by atoms with Crippen LogP contribution in [-0.4, -0.2) is 39.7 Å². The molecule has 0 spiro atoms. The van der Waals surface area contributed by atoms with Gasteiger partial charge >= 0.3 is 0 Å². The number of aromatic nitrogens is 3. The number of hydrogen-bond donors (Lipinski definition) is 1. The van der Waals surface area contributed by atoms with Gasteiger partial charge in [0, 0.05) is 21.8 Å². The van der Waals surface area contributed by atoms with Crippen LogP contribution >= 0.6 is 46.6 Å². The predicted molar refractivity (Wildman–Crippen MR) is 141 cm³/mol. The molecule has 35 heavy (non-hydrogen) atoms. The van der Waals surface area contributed by atoms with E-state index in [4.69, 9.17) is 39.5 Å². The van der Waals surface area contributed by atoms with Gasteiger partial charge in [0.25, 0.3) is 5.91 Å². The summed E-state index contributed by atoms with van der Waals surface area (Å²) in [5.74, 6) is 1.10. The molecule has 0 unspecified atom stereocenters. The van der Waals surface area contributed by atoms with Gasteiger partial charge in [0.2, 0.25) is 0 Å². The third kappa shape index (κ3) is 6.15. The highest BCUT2D eigenvalue weighted by atomic mass is 35.5. The minimum Gasteiger partial charge on any atom is -0.497 e. The van der Waals surface area contributed by atoms with Gasteiger partial charge in [-0.25, -0.2) is 5.43 Å². The molecule has 0 atom stereocenters. The van der Waals surface area contributed by atoms with Crippen molar-refractivity contribution < 1.29 is 9.53 Å². The van der Waals surface area contributed by atoms with Gasteiger partial charge in [0.15, 0.2) is 11.0 Å². The van der Waals surface area contributed by atoms with Crippen LogP contribution in [0.25, 0.3) is 17.1 Å². The number of nitrogens with one attached hydrogen (secondary N) is 1. The van der Waals surface area contributed by atoms with E-state index >= 15 is 0 Å². The number of nitrogens with zero attached hydrogens (tertiary/aromatic N) is 4. The molecule has 4 rings (SSSR count). The number of carbonyl (C=O) groups excluding carboxylic acids is 1. The van der Waals surface area contributed by atoms with Gasteiger partial charge in [-0.3, -0.25) is 9.36 Å². The Morgan fingerprint density at radius 1 is 1.06 bits per heavy atom. The molecule has 0 saturated heterocycles. The highest BCUT2D eigenvalue weighted by molar-refractivity contribution is 7.99. The summed E-state index contributed by atoms with van der Waals surface area (Å²) in [6.45, 7) is 0. The third-order valence-electron chi connectivity index (χ3n) is 4.77. The first kappa shape index (κ1) is 25.1. The van der Waals surface area contributed by atoms with Crippen molar-refractivity contribution in [2.75, 3.05) is 12.9 Å². The Hall–Kier alpha value is -3.04. The summed E-state index contributed by atoms with van der Waals surface area (Å²) in [5.41, 5.74) is 4.73. The van der Waals surface area contributed by atoms with E-state index in [-0.39, 0.29) is 11.7 Å². The van der Waals surface area contributed by atoms with E-state index in [0.29, 0.717) is 31.6 Å². The van der Waals surface area contributed by atoms with Crippen LogP contribution in [-0.2, 0) is 4.79 Å². The maximum absolute atomic E-state index is 12.4. The number of ether oxygens (including phenoxy) is 1. The molecule has 0 aliphatic carbocycles. The van der Waals surface area contributed by atoms with Gasteiger partial charge < -0.3 is 4.74 Å². The monoisotopic (exact) mass is 545 g/mol. The van der Waals surface area contributed by atoms with Crippen molar-refractivity contribution in [1.82, 2.24) is 20.2 Å². The van der Waals surface area contributed by atoms with Gasteiger partial charge in [-0.05, 0) is 54.6 Å². The van der Waals surface area contributed by atoms with Crippen LogP contribution < -0.4 is 10.2 Å². The van der Waals surface area contributed by atoms with Gasteiger partial charge in [-0.2, -0.15) is 5.10 Å². The van der Waals surface area contributed by atoms with Crippen molar-refractivity contribution in [3.63, 3.8) is 0 Å². The lowest BCUT2D eigenvalue weighted by molar-refractivity contribution is -0.118. The summed E-state index contributed by atoms with van der Waals surface area (Å²) >= 11 is 19.4. The van der Waals surface area contributed by atoms with Crippen LogP contribution in [0.15, 0.2) is 77.0 Å². The van der Waals surface area contributed by atoms with Crippen molar-refractivity contribution in [2.45, 2.75) is 5.16 Å². The number of halogens is 3. The molecule has 0 bridgehead atoms. The number of amides is 1.